The molecule has 3 heterocycles. The number of hydrogen-bond donors (Lipinski definition) is 2. The molecule has 0 bridgehead atoms. The van der Waals surface area contributed by atoms with E-state index in [9.17, 15) is 4.79 Å². The van der Waals surface area contributed by atoms with Gasteiger partial charge in [0.1, 0.15) is 12.2 Å². The zero-order chi connectivity index (χ0) is 20.9. The van der Waals surface area contributed by atoms with E-state index in [-0.39, 0.29) is 12.5 Å². The molecule has 5 rings (SSSR count). The average molecular weight is 403 g/mol. The minimum absolute atomic E-state index is 0.00288. The lowest BCUT2D eigenvalue weighted by molar-refractivity contribution is -0.118. The number of anilines is 1. The summed E-state index contributed by atoms with van der Waals surface area (Å²) in [6, 6.07) is 8.19. The molecule has 1 aliphatic carbocycles. The van der Waals surface area contributed by atoms with Crippen molar-refractivity contribution in [3.63, 3.8) is 0 Å². The molecule has 3 aromatic heterocycles. The van der Waals surface area contributed by atoms with E-state index in [4.69, 9.17) is 0 Å². The van der Waals surface area contributed by atoms with E-state index in [2.05, 4.69) is 40.1 Å². The van der Waals surface area contributed by atoms with Gasteiger partial charge in [0.15, 0.2) is 0 Å². The summed E-state index contributed by atoms with van der Waals surface area (Å²) in [5.41, 5.74) is 6.79. The fourth-order valence-electron chi connectivity index (χ4n) is 4.31. The number of aromatic amines is 2. The zero-order valence-electron chi connectivity index (χ0n) is 17.6. The molecule has 0 atom stereocenters. The number of nitrogens with one attached hydrogen (secondary N) is 2. The lowest BCUT2D eigenvalue weighted by Gasteiger charge is -2.28. The minimum Gasteiger partial charge on any atom is -0.353 e. The Morgan fingerprint density at radius 3 is 2.97 bits per heavy atom. The quantitative estimate of drug-likeness (QED) is 0.542. The molecule has 0 saturated carbocycles. The molecule has 0 unspecified atom stereocenters. The van der Waals surface area contributed by atoms with Crippen LogP contribution in [0, 0.1) is 5.41 Å². The van der Waals surface area contributed by atoms with Gasteiger partial charge in [-0.05, 0) is 42.9 Å². The summed E-state index contributed by atoms with van der Waals surface area (Å²) in [7, 11) is 1.80. The number of nitrogens with zero attached hydrogens (tertiary/aromatic N) is 4. The first-order chi connectivity index (χ1) is 14.4. The Kier molecular flexibility index (Phi) is 4.27. The van der Waals surface area contributed by atoms with Gasteiger partial charge >= 0.3 is 0 Å². The van der Waals surface area contributed by atoms with Gasteiger partial charge in [0.05, 0.1) is 12.0 Å². The van der Waals surface area contributed by atoms with Gasteiger partial charge in [-0.25, -0.2) is 4.98 Å². The van der Waals surface area contributed by atoms with Crippen molar-refractivity contribution in [2.45, 2.75) is 39.7 Å². The van der Waals surface area contributed by atoms with Crippen LogP contribution in [0.4, 0.5) is 5.69 Å². The maximum absolute atomic E-state index is 12.6. The van der Waals surface area contributed by atoms with Gasteiger partial charge in [-0.1, -0.05) is 19.9 Å². The number of likely N-dealkylation sites (N-methyl/N-ethyl adjacent to an activating group) is 1. The third kappa shape index (κ3) is 3.30. The Bertz CT molecular complexity index is 1210. The number of amides is 1. The summed E-state index contributed by atoms with van der Waals surface area (Å²) in [6.07, 6.45) is 8.36. The van der Waals surface area contributed by atoms with Gasteiger partial charge < -0.3 is 14.5 Å². The van der Waals surface area contributed by atoms with E-state index in [1.807, 2.05) is 18.2 Å². The van der Waals surface area contributed by atoms with Crippen molar-refractivity contribution in [1.29, 1.82) is 0 Å². The summed E-state index contributed by atoms with van der Waals surface area (Å²) in [4.78, 5) is 21.8. The lowest BCUT2D eigenvalue weighted by atomic mass is 9.76. The van der Waals surface area contributed by atoms with Crippen LogP contribution in [-0.4, -0.2) is 37.7 Å². The van der Waals surface area contributed by atoms with Crippen LogP contribution in [0.15, 0.2) is 43.0 Å². The van der Waals surface area contributed by atoms with Crippen LogP contribution in [0.25, 0.3) is 22.3 Å². The number of fused-ring (bicyclic) bond motifs is 2. The molecule has 1 amide bonds. The van der Waals surface area contributed by atoms with Crippen molar-refractivity contribution in [2.75, 3.05) is 11.9 Å². The van der Waals surface area contributed by atoms with Gasteiger partial charge in [0.25, 0.3) is 0 Å². The number of rotatable bonds is 4. The molecule has 0 saturated heterocycles. The predicted molar refractivity (Wildman–Crippen MR) is 117 cm³/mol. The van der Waals surface area contributed by atoms with Crippen LogP contribution in [0.3, 0.4) is 0 Å². The first-order valence-corrected chi connectivity index (χ1v) is 10.3. The monoisotopic (exact) mass is 402 g/mol. The highest BCUT2D eigenvalue weighted by atomic mass is 16.2. The van der Waals surface area contributed by atoms with Crippen molar-refractivity contribution >= 4 is 22.5 Å². The molecule has 4 aromatic rings. The minimum atomic E-state index is 0.00288. The molecule has 154 valence electrons. The molecule has 1 aromatic carbocycles. The maximum Gasteiger partial charge on any atom is 0.246 e. The van der Waals surface area contributed by atoms with E-state index in [0.29, 0.717) is 5.41 Å². The number of benzene rings is 1. The topological polar surface area (TPSA) is 82.6 Å². The molecule has 7 nitrogen and oxygen atoms in total. The number of imidazole rings is 1. The molecule has 0 radical (unpaired) electrons. The van der Waals surface area contributed by atoms with E-state index in [1.54, 1.807) is 35.2 Å². The van der Waals surface area contributed by atoms with Gasteiger partial charge in [0.2, 0.25) is 5.91 Å². The van der Waals surface area contributed by atoms with Gasteiger partial charge in [-0.15, -0.1) is 0 Å². The van der Waals surface area contributed by atoms with Crippen LogP contribution in [0.1, 0.15) is 31.5 Å². The zero-order valence-corrected chi connectivity index (χ0v) is 17.6. The molecule has 0 fully saturated rings. The van der Waals surface area contributed by atoms with Crippen molar-refractivity contribution in [3.8, 4) is 11.4 Å². The molecular formula is C23H26N6O. The van der Waals surface area contributed by atoms with E-state index < -0.39 is 0 Å². The number of carbonyl (C=O) groups excluding carboxylic acids is 1. The van der Waals surface area contributed by atoms with Crippen LogP contribution in [0.2, 0.25) is 0 Å². The Hall–Kier alpha value is -3.35. The number of carbonyl (C=O) groups is 1. The molecule has 0 spiro atoms. The van der Waals surface area contributed by atoms with Crippen molar-refractivity contribution in [2.24, 2.45) is 5.41 Å². The van der Waals surface area contributed by atoms with Crippen LogP contribution in [0.5, 0.6) is 0 Å². The third-order valence-electron chi connectivity index (χ3n) is 6.16. The van der Waals surface area contributed by atoms with Crippen LogP contribution in [-0.2, 0) is 24.2 Å². The highest BCUT2D eigenvalue weighted by Gasteiger charge is 2.29. The van der Waals surface area contributed by atoms with Crippen molar-refractivity contribution in [3.05, 3.63) is 54.2 Å². The normalized spacial score (nSPS) is 15.3. The van der Waals surface area contributed by atoms with Gasteiger partial charge in [-0.3, -0.25) is 9.89 Å². The first-order valence-electron chi connectivity index (χ1n) is 10.3. The van der Waals surface area contributed by atoms with E-state index >= 15 is 0 Å². The second kappa shape index (κ2) is 6.86. The third-order valence-corrected chi connectivity index (χ3v) is 6.16. The average Bonchev–Trinajstić information content (AvgIpc) is 3.44. The Morgan fingerprint density at radius 2 is 2.17 bits per heavy atom. The summed E-state index contributed by atoms with van der Waals surface area (Å²) in [6.45, 7) is 4.89. The standard InChI is InChI=1S/C23H26N6O/c1-23(2)7-6-17-20(12-23)26-27-22(17)19-10-15-4-5-16(11-18(15)25-19)28(3)21(30)13-29-9-8-24-14-29/h4-5,8-11,14,25H,6-7,12-13H2,1-3H3,(H,26,27). The Morgan fingerprint density at radius 1 is 1.30 bits per heavy atom. The second-order valence-electron chi connectivity index (χ2n) is 9.01. The molecule has 7 heteroatoms. The summed E-state index contributed by atoms with van der Waals surface area (Å²) in [5.74, 6) is 0.00288. The fourth-order valence-corrected chi connectivity index (χ4v) is 4.31. The van der Waals surface area contributed by atoms with Crippen LogP contribution < -0.4 is 4.90 Å². The van der Waals surface area contributed by atoms with E-state index in [0.717, 1.165) is 40.8 Å². The SMILES string of the molecule is CN(C(=O)Cn1ccnc1)c1ccc2cc(-c3n[nH]c4c3CCC(C)(C)C4)[nH]c2c1. The largest absolute Gasteiger partial charge is 0.353 e. The molecule has 2 N–H and O–H groups in total. The van der Waals surface area contributed by atoms with E-state index in [1.165, 1.54) is 17.7 Å². The fraction of sp³-hybridized carbons (Fsp3) is 0.348. The summed E-state index contributed by atoms with van der Waals surface area (Å²) in [5, 5.41) is 9.00. The Balaban J connectivity index is 1.42. The first kappa shape index (κ1) is 18.7. The van der Waals surface area contributed by atoms with Gasteiger partial charge in [-0.2, -0.15) is 5.10 Å². The molecular weight excluding hydrogens is 376 g/mol. The van der Waals surface area contributed by atoms with Crippen molar-refractivity contribution in [1.82, 2.24) is 24.7 Å². The lowest BCUT2D eigenvalue weighted by Crippen LogP contribution is -2.29. The summed E-state index contributed by atoms with van der Waals surface area (Å²) < 4.78 is 1.77. The highest BCUT2D eigenvalue weighted by molar-refractivity contribution is 5.96. The second-order valence-corrected chi connectivity index (χ2v) is 9.01. The molecule has 0 aliphatic heterocycles. The summed E-state index contributed by atoms with van der Waals surface area (Å²) >= 11 is 0. The predicted octanol–water partition coefficient (Wildman–Crippen LogP) is 3.93. The number of H-pyrrole nitrogens is 2. The number of hydrogen-bond acceptors (Lipinski definition) is 3. The molecule has 30 heavy (non-hydrogen) atoms. The van der Waals surface area contributed by atoms with Crippen molar-refractivity contribution < 1.29 is 4.79 Å². The van der Waals surface area contributed by atoms with Gasteiger partial charge in [0, 0.05) is 47.3 Å². The highest BCUT2D eigenvalue weighted by Crippen LogP contribution is 2.38. The Labute approximate surface area is 175 Å². The molecule has 1 aliphatic rings. The van der Waals surface area contributed by atoms with Crippen LogP contribution >= 0.6 is 0 Å². The number of aromatic nitrogens is 5. The smallest absolute Gasteiger partial charge is 0.246 e. The maximum atomic E-state index is 12.6.